The van der Waals surface area contributed by atoms with Gasteiger partial charge in [0.1, 0.15) is 11.9 Å². The highest BCUT2D eigenvalue weighted by Crippen LogP contribution is 2.21. The Morgan fingerprint density at radius 1 is 1.33 bits per heavy atom. The molecular formula is C11H16O4. The summed E-state index contributed by atoms with van der Waals surface area (Å²) in [5.74, 6) is 0.231. The summed E-state index contributed by atoms with van der Waals surface area (Å²) >= 11 is 0. The van der Waals surface area contributed by atoms with Crippen molar-refractivity contribution in [1.82, 2.24) is 0 Å². The lowest BCUT2D eigenvalue weighted by atomic mass is 9.90. The topological polar surface area (TPSA) is 63.6 Å². The molecule has 2 atom stereocenters. The molecule has 4 nitrogen and oxygen atoms in total. The number of carbonyl (C=O) groups excluding carboxylic acids is 1. The molecule has 0 fully saturated rings. The third-order valence-electron chi connectivity index (χ3n) is 2.66. The number of rotatable bonds is 2. The number of hydrogen-bond donors (Lipinski definition) is 1. The van der Waals surface area contributed by atoms with Crippen LogP contribution in [0.15, 0.2) is 12.2 Å². The molecule has 0 bridgehead atoms. The van der Waals surface area contributed by atoms with Gasteiger partial charge < -0.3 is 9.84 Å². The SMILES string of the molecule is CC(=O)C1CCC=CC(OC(=O)O)CC1. The number of carboxylic acid groups (broad SMARTS) is 1. The zero-order valence-corrected chi connectivity index (χ0v) is 8.81. The molecule has 0 saturated carbocycles. The lowest BCUT2D eigenvalue weighted by Gasteiger charge is -2.19. The van der Waals surface area contributed by atoms with Crippen LogP contribution in [0.5, 0.6) is 0 Å². The molecule has 1 rings (SSSR count). The second-order valence-electron chi connectivity index (χ2n) is 3.81. The highest BCUT2D eigenvalue weighted by atomic mass is 16.7. The fourth-order valence-corrected chi connectivity index (χ4v) is 1.79. The van der Waals surface area contributed by atoms with Crippen molar-refractivity contribution >= 4 is 11.9 Å². The maximum atomic E-state index is 11.2. The summed E-state index contributed by atoms with van der Waals surface area (Å²) in [5, 5.41) is 8.48. The molecule has 0 aliphatic heterocycles. The Labute approximate surface area is 88.9 Å². The van der Waals surface area contributed by atoms with Crippen LogP contribution in [-0.4, -0.2) is 23.1 Å². The first kappa shape index (κ1) is 11.8. The van der Waals surface area contributed by atoms with Gasteiger partial charge in [-0.2, -0.15) is 0 Å². The van der Waals surface area contributed by atoms with E-state index >= 15 is 0 Å². The van der Waals surface area contributed by atoms with Crippen LogP contribution in [0.25, 0.3) is 0 Å². The summed E-state index contributed by atoms with van der Waals surface area (Å²) in [7, 11) is 0. The number of Topliss-reactive ketones (excluding diaryl/α,β-unsaturated/α-hetero) is 1. The van der Waals surface area contributed by atoms with Gasteiger partial charge in [0.05, 0.1) is 0 Å². The van der Waals surface area contributed by atoms with Crippen LogP contribution in [0, 0.1) is 5.92 Å². The summed E-state index contributed by atoms with van der Waals surface area (Å²) in [6, 6.07) is 0. The van der Waals surface area contributed by atoms with Gasteiger partial charge in [-0.05, 0) is 38.7 Å². The van der Waals surface area contributed by atoms with Crippen molar-refractivity contribution in [2.24, 2.45) is 5.92 Å². The van der Waals surface area contributed by atoms with Crippen LogP contribution in [0.2, 0.25) is 0 Å². The fraction of sp³-hybridized carbons (Fsp3) is 0.636. The van der Waals surface area contributed by atoms with Crippen molar-refractivity contribution in [3.8, 4) is 0 Å². The molecule has 1 aliphatic rings. The number of hydrogen-bond acceptors (Lipinski definition) is 3. The van der Waals surface area contributed by atoms with Crippen LogP contribution >= 0.6 is 0 Å². The maximum absolute atomic E-state index is 11.2. The normalized spacial score (nSPS) is 26.5. The van der Waals surface area contributed by atoms with E-state index in [0.29, 0.717) is 12.8 Å². The number of allylic oxidation sites excluding steroid dienone is 1. The Kier molecular flexibility index (Phi) is 4.34. The first-order chi connectivity index (χ1) is 7.09. The molecule has 0 aromatic carbocycles. The largest absolute Gasteiger partial charge is 0.506 e. The molecule has 0 heterocycles. The highest BCUT2D eigenvalue weighted by molar-refractivity contribution is 5.78. The first-order valence-electron chi connectivity index (χ1n) is 5.16. The Balaban J connectivity index is 2.53. The minimum atomic E-state index is -1.26. The zero-order chi connectivity index (χ0) is 11.3. The molecule has 0 radical (unpaired) electrons. The van der Waals surface area contributed by atoms with Gasteiger partial charge in [0, 0.05) is 5.92 Å². The molecule has 0 amide bonds. The van der Waals surface area contributed by atoms with Gasteiger partial charge in [-0.15, -0.1) is 0 Å². The van der Waals surface area contributed by atoms with Crippen molar-refractivity contribution in [1.29, 1.82) is 0 Å². The fourth-order valence-electron chi connectivity index (χ4n) is 1.79. The summed E-state index contributed by atoms with van der Waals surface area (Å²) in [5.41, 5.74) is 0. The molecule has 0 spiro atoms. The maximum Gasteiger partial charge on any atom is 0.506 e. The molecule has 0 saturated heterocycles. The summed E-state index contributed by atoms with van der Waals surface area (Å²) in [4.78, 5) is 21.6. The van der Waals surface area contributed by atoms with Crippen molar-refractivity contribution < 1.29 is 19.4 Å². The van der Waals surface area contributed by atoms with E-state index in [1.54, 1.807) is 13.0 Å². The first-order valence-corrected chi connectivity index (χ1v) is 5.16. The van der Waals surface area contributed by atoms with Gasteiger partial charge in [-0.3, -0.25) is 4.79 Å². The average Bonchev–Trinajstić information content (AvgIpc) is 2.08. The van der Waals surface area contributed by atoms with Gasteiger partial charge in [0.25, 0.3) is 0 Å². The van der Waals surface area contributed by atoms with Crippen molar-refractivity contribution in [2.75, 3.05) is 0 Å². The van der Waals surface area contributed by atoms with Crippen LogP contribution in [0.4, 0.5) is 4.79 Å². The summed E-state index contributed by atoms with van der Waals surface area (Å²) in [6.45, 7) is 1.59. The van der Waals surface area contributed by atoms with E-state index in [4.69, 9.17) is 5.11 Å². The lowest BCUT2D eigenvalue weighted by molar-refractivity contribution is -0.121. The predicted molar refractivity (Wildman–Crippen MR) is 54.7 cm³/mol. The predicted octanol–water partition coefficient (Wildman–Crippen LogP) is 2.39. The molecule has 15 heavy (non-hydrogen) atoms. The van der Waals surface area contributed by atoms with Gasteiger partial charge in [0.15, 0.2) is 0 Å². The van der Waals surface area contributed by atoms with E-state index in [-0.39, 0.29) is 11.7 Å². The van der Waals surface area contributed by atoms with E-state index < -0.39 is 12.3 Å². The minimum Gasteiger partial charge on any atom is -0.450 e. The highest BCUT2D eigenvalue weighted by Gasteiger charge is 2.19. The van der Waals surface area contributed by atoms with Crippen LogP contribution < -0.4 is 0 Å². The van der Waals surface area contributed by atoms with Crippen LogP contribution in [0.1, 0.15) is 32.6 Å². The monoisotopic (exact) mass is 212 g/mol. The van der Waals surface area contributed by atoms with Gasteiger partial charge in [-0.1, -0.05) is 6.08 Å². The third kappa shape index (κ3) is 4.14. The summed E-state index contributed by atoms with van der Waals surface area (Å²) < 4.78 is 4.67. The zero-order valence-electron chi connectivity index (χ0n) is 8.81. The van der Waals surface area contributed by atoms with E-state index in [0.717, 1.165) is 12.8 Å². The van der Waals surface area contributed by atoms with Crippen molar-refractivity contribution in [3.63, 3.8) is 0 Å². The van der Waals surface area contributed by atoms with E-state index in [1.165, 1.54) is 0 Å². The van der Waals surface area contributed by atoms with Crippen molar-refractivity contribution in [3.05, 3.63) is 12.2 Å². The molecule has 1 aliphatic carbocycles. The Hall–Kier alpha value is -1.32. The van der Waals surface area contributed by atoms with Gasteiger partial charge in [-0.25, -0.2) is 4.79 Å². The Morgan fingerprint density at radius 3 is 2.67 bits per heavy atom. The average molecular weight is 212 g/mol. The second kappa shape index (κ2) is 5.53. The molecule has 1 N–H and O–H groups in total. The standard InChI is InChI=1S/C11H16O4/c1-8(12)9-4-2-3-5-10(7-6-9)15-11(13)14/h3,5,9-10H,2,4,6-7H2,1H3,(H,13,14). The Morgan fingerprint density at radius 2 is 2.07 bits per heavy atom. The van der Waals surface area contributed by atoms with Crippen molar-refractivity contribution in [2.45, 2.75) is 38.7 Å². The van der Waals surface area contributed by atoms with Crippen LogP contribution in [0.3, 0.4) is 0 Å². The van der Waals surface area contributed by atoms with Gasteiger partial charge >= 0.3 is 6.16 Å². The number of ether oxygens (including phenoxy) is 1. The lowest BCUT2D eigenvalue weighted by Crippen LogP contribution is -2.20. The smallest absolute Gasteiger partial charge is 0.450 e. The van der Waals surface area contributed by atoms with E-state index in [1.807, 2.05) is 6.08 Å². The molecule has 2 unspecified atom stereocenters. The minimum absolute atomic E-state index is 0.0508. The molecule has 0 aromatic rings. The van der Waals surface area contributed by atoms with Crippen LogP contribution in [-0.2, 0) is 9.53 Å². The molecule has 4 heteroatoms. The number of ketones is 1. The summed E-state index contributed by atoms with van der Waals surface area (Å²) in [6.07, 6.45) is 4.96. The third-order valence-corrected chi connectivity index (χ3v) is 2.66. The molecule has 0 aromatic heterocycles. The quantitative estimate of drug-likeness (QED) is 0.563. The van der Waals surface area contributed by atoms with Gasteiger partial charge in [0.2, 0.25) is 0 Å². The molecular weight excluding hydrogens is 196 g/mol. The number of carbonyl (C=O) groups is 2. The second-order valence-corrected chi connectivity index (χ2v) is 3.81. The molecule has 84 valence electrons. The Bertz CT molecular complexity index is 270. The van der Waals surface area contributed by atoms with E-state index in [2.05, 4.69) is 4.74 Å². The van der Waals surface area contributed by atoms with E-state index in [9.17, 15) is 9.59 Å².